The van der Waals surface area contributed by atoms with Crippen LogP contribution < -0.4 is 5.32 Å². The van der Waals surface area contributed by atoms with E-state index in [9.17, 15) is 18.0 Å². The molecule has 0 bridgehead atoms. The zero-order valence-electron chi connectivity index (χ0n) is 17.7. The van der Waals surface area contributed by atoms with Gasteiger partial charge in [-0.15, -0.1) is 0 Å². The molecule has 1 aromatic carbocycles. The van der Waals surface area contributed by atoms with Crippen molar-refractivity contribution in [3.8, 4) is 11.1 Å². The Morgan fingerprint density at radius 3 is 2.76 bits per heavy atom. The number of hydrogen-bond donors (Lipinski definition) is 1. The van der Waals surface area contributed by atoms with Crippen molar-refractivity contribution < 1.29 is 18.0 Å². The van der Waals surface area contributed by atoms with Crippen LogP contribution in [-0.2, 0) is 11.3 Å². The molecule has 33 heavy (non-hydrogen) atoms. The number of carbonyl (C=O) groups excluding carboxylic acids is 1. The van der Waals surface area contributed by atoms with Crippen molar-refractivity contribution in [2.45, 2.75) is 31.4 Å². The van der Waals surface area contributed by atoms with Gasteiger partial charge in [-0.25, -0.2) is 13.2 Å². The quantitative estimate of drug-likeness (QED) is 0.535. The van der Waals surface area contributed by atoms with Crippen LogP contribution in [-0.4, -0.2) is 44.6 Å². The fraction of sp³-hybridized carbons (Fsp3) is 0.292. The van der Waals surface area contributed by atoms with Gasteiger partial charge >= 0.3 is 0 Å². The molecular weight excluding hydrogens is 431 g/mol. The first-order valence-corrected chi connectivity index (χ1v) is 10.7. The molecular formula is C24H22F3N5O. The van der Waals surface area contributed by atoms with E-state index in [0.717, 1.165) is 29.5 Å². The second-order valence-corrected chi connectivity index (χ2v) is 8.54. The van der Waals surface area contributed by atoms with Crippen molar-refractivity contribution in [1.82, 2.24) is 19.7 Å². The Labute approximate surface area is 188 Å². The second-order valence-electron chi connectivity index (χ2n) is 8.54. The molecule has 5 rings (SSSR count). The number of rotatable bonds is 7. The third kappa shape index (κ3) is 4.98. The summed E-state index contributed by atoms with van der Waals surface area (Å²) in [6.45, 7) is -0.410. The lowest BCUT2D eigenvalue weighted by molar-refractivity contribution is -0.133. The molecule has 2 aliphatic rings. The van der Waals surface area contributed by atoms with E-state index in [1.54, 1.807) is 30.7 Å². The number of aromatic nitrogens is 3. The lowest BCUT2D eigenvalue weighted by Gasteiger charge is -2.38. The number of nitrogens with one attached hydrogen (secondary N) is 1. The summed E-state index contributed by atoms with van der Waals surface area (Å²) in [4.78, 5) is 18.1. The molecule has 1 aliphatic carbocycles. The molecule has 9 heteroatoms. The van der Waals surface area contributed by atoms with Crippen LogP contribution >= 0.6 is 0 Å². The third-order valence-electron chi connectivity index (χ3n) is 5.71. The van der Waals surface area contributed by atoms with E-state index in [-0.39, 0.29) is 25.3 Å². The van der Waals surface area contributed by atoms with Crippen molar-refractivity contribution in [2.75, 3.05) is 18.4 Å². The Kier molecular flexibility index (Phi) is 5.49. The normalized spacial score (nSPS) is 17.8. The Morgan fingerprint density at radius 2 is 2.03 bits per heavy atom. The monoisotopic (exact) mass is 453 g/mol. The van der Waals surface area contributed by atoms with Crippen LogP contribution in [0.5, 0.6) is 0 Å². The van der Waals surface area contributed by atoms with Gasteiger partial charge in [0.2, 0.25) is 5.91 Å². The summed E-state index contributed by atoms with van der Waals surface area (Å²) < 4.78 is 42.3. The summed E-state index contributed by atoms with van der Waals surface area (Å²) in [5.41, 5.74) is 3.17. The van der Waals surface area contributed by atoms with Gasteiger partial charge in [0.15, 0.2) is 0 Å². The molecule has 170 valence electrons. The van der Waals surface area contributed by atoms with Gasteiger partial charge in [-0.2, -0.15) is 5.10 Å². The van der Waals surface area contributed by atoms with E-state index in [1.807, 2.05) is 16.9 Å². The van der Waals surface area contributed by atoms with Gasteiger partial charge in [0, 0.05) is 42.3 Å². The first kappa shape index (κ1) is 21.4. The zero-order chi connectivity index (χ0) is 23.0. The highest BCUT2D eigenvalue weighted by atomic mass is 19.3. The van der Waals surface area contributed by atoms with E-state index in [2.05, 4.69) is 15.4 Å². The maximum Gasteiger partial charge on any atom is 0.272 e. The molecule has 3 aromatic rings. The number of hydrogen-bond acceptors (Lipinski definition) is 4. The molecule has 1 N–H and O–H groups in total. The summed E-state index contributed by atoms with van der Waals surface area (Å²) >= 11 is 0. The summed E-state index contributed by atoms with van der Waals surface area (Å²) in [5.74, 6) is -3.77. The molecule has 0 atom stereocenters. The molecule has 6 nitrogen and oxygen atoms in total. The molecule has 0 unspecified atom stereocenters. The van der Waals surface area contributed by atoms with Crippen LogP contribution in [0.1, 0.15) is 30.0 Å². The van der Waals surface area contributed by atoms with Gasteiger partial charge in [-0.1, -0.05) is 6.07 Å². The van der Waals surface area contributed by atoms with E-state index in [0.29, 0.717) is 11.6 Å². The van der Waals surface area contributed by atoms with Crippen molar-refractivity contribution in [1.29, 1.82) is 0 Å². The van der Waals surface area contributed by atoms with Gasteiger partial charge in [-0.3, -0.25) is 19.4 Å². The SMILES string of the molecule is O=C(/C=C/c1cnccc1-c1cnn(C2CC2)c1)Nc1ccc(CN2CC(F)(F)C2)cc1F. The van der Waals surface area contributed by atoms with Gasteiger partial charge in [0.1, 0.15) is 5.82 Å². The van der Waals surface area contributed by atoms with Crippen LogP contribution in [0.4, 0.5) is 18.9 Å². The summed E-state index contributed by atoms with van der Waals surface area (Å²) in [6.07, 6.45) is 12.3. The maximum atomic E-state index is 14.4. The number of pyridine rings is 1. The zero-order valence-corrected chi connectivity index (χ0v) is 17.7. The van der Waals surface area contributed by atoms with Gasteiger partial charge < -0.3 is 5.32 Å². The van der Waals surface area contributed by atoms with E-state index in [1.165, 1.54) is 23.1 Å². The minimum absolute atomic E-state index is 0.0273. The predicted octanol–water partition coefficient (Wildman–Crippen LogP) is 4.52. The molecule has 1 amide bonds. The Balaban J connectivity index is 1.23. The number of nitrogens with zero attached hydrogens (tertiary/aromatic N) is 4. The molecule has 0 radical (unpaired) electrons. The van der Waals surface area contributed by atoms with Crippen molar-refractivity contribution in [2.24, 2.45) is 0 Å². The van der Waals surface area contributed by atoms with Crippen LogP contribution in [0.25, 0.3) is 17.2 Å². The highest BCUT2D eigenvalue weighted by molar-refractivity contribution is 6.02. The van der Waals surface area contributed by atoms with Gasteiger partial charge in [0.25, 0.3) is 5.92 Å². The van der Waals surface area contributed by atoms with E-state index < -0.39 is 17.6 Å². The van der Waals surface area contributed by atoms with Crippen molar-refractivity contribution >= 4 is 17.7 Å². The molecule has 0 spiro atoms. The fourth-order valence-electron chi connectivity index (χ4n) is 3.89. The fourth-order valence-corrected chi connectivity index (χ4v) is 3.89. The molecule has 1 aliphatic heterocycles. The summed E-state index contributed by atoms with van der Waals surface area (Å²) in [6, 6.07) is 6.65. The topological polar surface area (TPSA) is 63.1 Å². The Bertz CT molecular complexity index is 1210. The Morgan fingerprint density at radius 1 is 1.21 bits per heavy atom. The summed E-state index contributed by atoms with van der Waals surface area (Å²) in [5, 5.41) is 6.93. The summed E-state index contributed by atoms with van der Waals surface area (Å²) in [7, 11) is 0. The first-order chi connectivity index (χ1) is 15.9. The second kappa shape index (κ2) is 8.47. The lowest BCUT2D eigenvalue weighted by atomic mass is 10.0. The number of likely N-dealkylation sites (tertiary alicyclic amines) is 1. The van der Waals surface area contributed by atoms with Crippen LogP contribution in [0.15, 0.2) is 55.1 Å². The maximum absolute atomic E-state index is 14.4. The molecule has 3 heterocycles. The molecule has 1 saturated carbocycles. The van der Waals surface area contributed by atoms with Crippen LogP contribution in [0, 0.1) is 5.82 Å². The molecule has 2 aromatic heterocycles. The van der Waals surface area contributed by atoms with Gasteiger partial charge in [0.05, 0.1) is 31.0 Å². The molecule has 2 fully saturated rings. The predicted molar refractivity (Wildman–Crippen MR) is 118 cm³/mol. The number of halogens is 3. The highest BCUT2D eigenvalue weighted by Gasteiger charge is 2.43. The number of benzene rings is 1. The minimum atomic E-state index is -2.66. The van der Waals surface area contributed by atoms with Gasteiger partial charge in [-0.05, 0) is 48.2 Å². The number of alkyl halides is 2. The van der Waals surface area contributed by atoms with E-state index >= 15 is 0 Å². The van der Waals surface area contributed by atoms with Crippen LogP contribution in [0.3, 0.4) is 0 Å². The average Bonchev–Trinajstić information content (AvgIpc) is 3.50. The molecule has 1 saturated heterocycles. The number of carbonyl (C=O) groups is 1. The number of amides is 1. The van der Waals surface area contributed by atoms with Crippen molar-refractivity contribution in [3.05, 3.63) is 72.1 Å². The lowest BCUT2D eigenvalue weighted by Crippen LogP contribution is -2.55. The Hall–Kier alpha value is -3.46. The third-order valence-corrected chi connectivity index (χ3v) is 5.71. The average molecular weight is 453 g/mol. The standard InChI is InChI=1S/C24H22F3N5O/c25-21-9-16(12-31-14-24(26,27)15-31)1-5-22(21)30-23(33)6-2-17-10-28-8-7-20(17)18-11-29-32(13-18)19-3-4-19/h1-2,5-11,13,19H,3-4,12,14-15H2,(H,30,33)/b6-2+. The van der Waals surface area contributed by atoms with Crippen LogP contribution in [0.2, 0.25) is 0 Å². The number of anilines is 1. The first-order valence-electron chi connectivity index (χ1n) is 10.7. The minimum Gasteiger partial charge on any atom is -0.320 e. The van der Waals surface area contributed by atoms with Crippen molar-refractivity contribution in [3.63, 3.8) is 0 Å². The largest absolute Gasteiger partial charge is 0.320 e. The smallest absolute Gasteiger partial charge is 0.272 e. The highest BCUT2D eigenvalue weighted by Crippen LogP contribution is 2.35. The van der Waals surface area contributed by atoms with E-state index in [4.69, 9.17) is 0 Å².